The fourth-order valence-corrected chi connectivity index (χ4v) is 1.82. The number of hydrogen-bond acceptors (Lipinski definition) is 2. The number of hydrogen-bond donors (Lipinski definition) is 2. The van der Waals surface area contributed by atoms with Gasteiger partial charge in [-0.1, -0.05) is 29.8 Å². The Labute approximate surface area is 123 Å². The molecule has 2 rings (SSSR count). The lowest BCUT2D eigenvalue weighted by molar-refractivity contribution is -0.111. The second-order valence-corrected chi connectivity index (χ2v) is 4.88. The predicted molar refractivity (Wildman–Crippen MR) is 84.7 cm³/mol. The SMILES string of the molecule is Cc1ccc(N)cc1NC(=O)/C=C/c1ccc(Cl)cc1. The first kappa shape index (κ1) is 14.2. The molecule has 0 bridgehead atoms. The first-order valence-corrected chi connectivity index (χ1v) is 6.53. The van der Waals surface area contributed by atoms with Gasteiger partial charge in [0.1, 0.15) is 0 Å². The lowest BCUT2D eigenvalue weighted by Crippen LogP contribution is -2.09. The monoisotopic (exact) mass is 286 g/mol. The molecule has 0 spiro atoms. The van der Waals surface area contributed by atoms with Gasteiger partial charge in [0.15, 0.2) is 0 Å². The van der Waals surface area contributed by atoms with Crippen LogP contribution in [0.15, 0.2) is 48.5 Å². The Morgan fingerprint density at radius 2 is 1.90 bits per heavy atom. The van der Waals surface area contributed by atoms with Crippen molar-refractivity contribution in [1.29, 1.82) is 0 Å². The molecule has 1 amide bonds. The standard InChI is InChI=1S/C16H15ClN2O/c1-11-2-8-14(18)10-15(11)19-16(20)9-5-12-3-6-13(17)7-4-12/h2-10H,18H2,1H3,(H,19,20)/b9-5+. The van der Waals surface area contributed by atoms with Crippen molar-refractivity contribution < 1.29 is 4.79 Å². The van der Waals surface area contributed by atoms with Crippen LogP contribution in [0.3, 0.4) is 0 Å². The molecule has 0 aliphatic rings. The van der Waals surface area contributed by atoms with Crippen LogP contribution < -0.4 is 11.1 Å². The summed E-state index contributed by atoms with van der Waals surface area (Å²) in [7, 11) is 0. The van der Waals surface area contributed by atoms with E-state index in [2.05, 4.69) is 5.32 Å². The zero-order valence-corrected chi connectivity index (χ0v) is 11.8. The van der Waals surface area contributed by atoms with Crippen LogP contribution >= 0.6 is 11.6 Å². The third-order valence-corrected chi connectivity index (χ3v) is 3.07. The summed E-state index contributed by atoms with van der Waals surface area (Å²) < 4.78 is 0. The molecule has 0 fully saturated rings. The van der Waals surface area contributed by atoms with Crippen LogP contribution in [0, 0.1) is 6.92 Å². The van der Waals surface area contributed by atoms with Gasteiger partial charge in [-0.15, -0.1) is 0 Å². The Hall–Kier alpha value is -2.26. The summed E-state index contributed by atoms with van der Waals surface area (Å²) >= 11 is 5.80. The molecule has 2 aromatic carbocycles. The summed E-state index contributed by atoms with van der Waals surface area (Å²) in [5.41, 5.74) is 8.91. The van der Waals surface area contributed by atoms with Gasteiger partial charge in [-0.25, -0.2) is 0 Å². The predicted octanol–water partition coefficient (Wildman–Crippen LogP) is 3.88. The van der Waals surface area contributed by atoms with Gasteiger partial charge in [0.05, 0.1) is 0 Å². The highest BCUT2D eigenvalue weighted by molar-refractivity contribution is 6.30. The van der Waals surface area contributed by atoms with Crippen LogP contribution in [-0.2, 0) is 4.79 Å². The Bertz CT molecular complexity index is 648. The van der Waals surface area contributed by atoms with Gasteiger partial charge in [-0.2, -0.15) is 0 Å². The van der Waals surface area contributed by atoms with Gasteiger partial charge < -0.3 is 11.1 Å². The van der Waals surface area contributed by atoms with E-state index < -0.39 is 0 Å². The zero-order chi connectivity index (χ0) is 14.5. The van der Waals surface area contributed by atoms with E-state index in [0.717, 1.165) is 16.8 Å². The molecule has 0 aliphatic heterocycles. The number of amides is 1. The lowest BCUT2D eigenvalue weighted by Gasteiger charge is -2.07. The molecule has 0 radical (unpaired) electrons. The van der Waals surface area contributed by atoms with Gasteiger partial charge in [0, 0.05) is 22.5 Å². The highest BCUT2D eigenvalue weighted by Crippen LogP contribution is 2.18. The van der Waals surface area contributed by atoms with E-state index in [1.807, 2.05) is 25.1 Å². The van der Waals surface area contributed by atoms with Crippen molar-refractivity contribution in [2.24, 2.45) is 0 Å². The number of nitrogens with two attached hydrogens (primary N) is 1. The fourth-order valence-electron chi connectivity index (χ4n) is 1.69. The summed E-state index contributed by atoms with van der Waals surface area (Å²) in [6.07, 6.45) is 3.21. The normalized spacial score (nSPS) is 10.7. The van der Waals surface area contributed by atoms with Crippen molar-refractivity contribution >= 4 is 35.0 Å². The first-order valence-electron chi connectivity index (χ1n) is 6.15. The number of rotatable bonds is 3. The minimum absolute atomic E-state index is 0.200. The first-order chi connectivity index (χ1) is 9.54. The molecule has 0 saturated carbocycles. The molecule has 4 heteroatoms. The third-order valence-electron chi connectivity index (χ3n) is 2.82. The number of anilines is 2. The molecule has 3 N–H and O–H groups in total. The highest BCUT2D eigenvalue weighted by Gasteiger charge is 2.02. The van der Waals surface area contributed by atoms with E-state index in [9.17, 15) is 4.79 Å². The van der Waals surface area contributed by atoms with Crippen LogP contribution in [0.1, 0.15) is 11.1 Å². The number of benzene rings is 2. The van der Waals surface area contributed by atoms with Crippen molar-refractivity contribution in [2.75, 3.05) is 11.1 Å². The van der Waals surface area contributed by atoms with E-state index in [1.165, 1.54) is 6.08 Å². The summed E-state index contributed by atoms with van der Waals surface area (Å²) in [6.45, 7) is 1.91. The molecule has 0 unspecified atom stereocenters. The molecule has 102 valence electrons. The zero-order valence-electron chi connectivity index (χ0n) is 11.1. The molecule has 0 heterocycles. The summed E-state index contributed by atoms with van der Waals surface area (Å²) in [5, 5.41) is 3.47. The molecule has 3 nitrogen and oxygen atoms in total. The van der Waals surface area contributed by atoms with Gasteiger partial charge in [-0.05, 0) is 48.4 Å². The van der Waals surface area contributed by atoms with Crippen molar-refractivity contribution in [3.8, 4) is 0 Å². The topological polar surface area (TPSA) is 55.1 Å². The van der Waals surface area contributed by atoms with Crippen LogP contribution in [0.25, 0.3) is 6.08 Å². The summed E-state index contributed by atoms with van der Waals surface area (Å²) in [5.74, 6) is -0.200. The van der Waals surface area contributed by atoms with Gasteiger partial charge in [0.25, 0.3) is 0 Å². The maximum atomic E-state index is 11.9. The molecule has 0 aliphatic carbocycles. The number of nitrogens with one attached hydrogen (secondary N) is 1. The average molecular weight is 287 g/mol. The third kappa shape index (κ3) is 3.87. The van der Waals surface area contributed by atoms with Crippen LogP contribution in [-0.4, -0.2) is 5.91 Å². The average Bonchev–Trinajstić information content (AvgIpc) is 2.42. The number of nitrogen functional groups attached to an aromatic ring is 1. The van der Waals surface area contributed by atoms with Crippen molar-refractivity contribution in [1.82, 2.24) is 0 Å². The Kier molecular flexibility index (Phi) is 4.43. The maximum absolute atomic E-state index is 11.9. The molecular formula is C16H15ClN2O. The van der Waals surface area contributed by atoms with Gasteiger partial charge >= 0.3 is 0 Å². The number of carbonyl (C=O) groups excluding carboxylic acids is 1. The summed E-state index contributed by atoms with van der Waals surface area (Å²) in [6, 6.07) is 12.7. The molecule has 2 aromatic rings. The smallest absolute Gasteiger partial charge is 0.248 e. The van der Waals surface area contributed by atoms with E-state index in [1.54, 1.807) is 30.3 Å². The quantitative estimate of drug-likeness (QED) is 0.664. The van der Waals surface area contributed by atoms with E-state index in [4.69, 9.17) is 17.3 Å². The van der Waals surface area contributed by atoms with E-state index in [-0.39, 0.29) is 5.91 Å². The highest BCUT2D eigenvalue weighted by atomic mass is 35.5. The second kappa shape index (κ2) is 6.26. The Morgan fingerprint density at radius 3 is 2.60 bits per heavy atom. The van der Waals surface area contributed by atoms with Crippen molar-refractivity contribution in [3.05, 3.63) is 64.7 Å². The van der Waals surface area contributed by atoms with E-state index in [0.29, 0.717) is 10.7 Å². The van der Waals surface area contributed by atoms with E-state index >= 15 is 0 Å². The number of carbonyl (C=O) groups is 1. The Balaban J connectivity index is 2.05. The largest absolute Gasteiger partial charge is 0.399 e. The lowest BCUT2D eigenvalue weighted by atomic mass is 10.1. The molecular weight excluding hydrogens is 272 g/mol. The van der Waals surface area contributed by atoms with Crippen molar-refractivity contribution in [2.45, 2.75) is 6.92 Å². The number of aryl methyl sites for hydroxylation is 1. The number of halogens is 1. The van der Waals surface area contributed by atoms with Gasteiger partial charge in [0.2, 0.25) is 5.91 Å². The van der Waals surface area contributed by atoms with Crippen molar-refractivity contribution in [3.63, 3.8) is 0 Å². The molecule has 20 heavy (non-hydrogen) atoms. The summed E-state index contributed by atoms with van der Waals surface area (Å²) in [4.78, 5) is 11.9. The van der Waals surface area contributed by atoms with Crippen LogP contribution in [0.2, 0.25) is 5.02 Å². The second-order valence-electron chi connectivity index (χ2n) is 4.45. The fraction of sp³-hybridized carbons (Fsp3) is 0.0625. The van der Waals surface area contributed by atoms with Gasteiger partial charge in [-0.3, -0.25) is 4.79 Å². The van der Waals surface area contributed by atoms with Crippen LogP contribution in [0.5, 0.6) is 0 Å². The molecule has 0 aromatic heterocycles. The molecule has 0 saturated heterocycles. The molecule has 0 atom stereocenters. The Morgan fingerprint density at radius 1 is 1.20 bits per heavy atom. The minimum Gasteiger partial charge on any atom is -0.399 e. The maximum Gasteiger partial charge on any atom is 0.248 e. The van der Waals surface area contributed by atoms with Crippen LogP contribution in [0.4, 0.5) is 11.4 Å². The minimum atomic E-state index is -0.200.